The highest BCUT2D eigenvalue weighted by Gasteiger charge is 2.29. The third-order valence-electron chi connectivity index (χ3n) is 8.16. The molecule has 0 spiro atoms. The molecule has 0 saturated heterocycles. The first kappa shape index (κ1) is 28.7. The summed E-state index contributed by atoms with van der Waals surface area (Å²) >= 11 is 3.48. The Balaban J connectivity index is 1.01. The van der Waals surface area contributed by atoms with Gasteiger partial charge in [-0.15, -0.1) is 5.10 Å². The number of carbonyl (C=O) groups excluding carboxylic acids is 1. The van der Waals surface area contributed by atoms with Crippen molar-refractivity contribution in [1.82, 2.24) is 34.8 Å². The van der Waals surface area contributed by atoms with Crippen LogP contribution in [0, 0.1) is 6.92 Å². The highest BCUT2D eigenvalue weighted by Crippen LogP contribution is 2.32. The van der Waals surface area contributed by atoms with Crippen molar-refractivity contribution < 1.29 is 13.6 Å². The summed E-state index contributed by atoms with van der Waals surface area (Å²) in [6.07, 6.45) is 6.73. The van der Waals surface area contributed by atoms with E-state index in [1.165, 1.54) is 0 Å². The second-order valence-electron chi connectivity index (χ2n) is 11.1. The molecule has 1 amide bonds. The zero-order valence-electron chi connectivity index (χ0n) is 24.2. The molecule has 4 heterocycles. The summed E-state index contributed by atoms with van der Waals surface area (Å²) in [5.41, 5.74) is 1.10. The van der Waals surface area contributed by atoms with E-state index in [2.05, 4.69) is 41.5 Å². The average molecular weight is 671 g/mol. The van der Waals surface area contributed by atoms with E-state index in [0.717, 1.165) is 46.0 Å². The lowest BCUT2D eigenvalue weighted by Crippen LogP contribution is -2.38. The highest BCUT2D eigenvalue weighted by atomic mass is 79.9. The number of H-pyrrole nitrogens is 1. The number of aromatic nitrogens is 6. The lowest BCUT2D eigenvalue weighted by atomic mass is 9.84. The average Bonchev–Trinajstić information content (AvgIpc) is 3.77. The van der Waals surface area contributed by atoms with Crippen LogP contribution in [-0.4, -0.2) is 41.5 Å². The molecule has 6 aromatic rings. The van der Waals surface area contributed by atoms with Gasteiger partial charge in [-0.05, 0) is 56.9 Å². The summed E-state index contributed by atoms with van der Waals surface area (Å²) in [5.74, 6) is 1.28. The lowest BCUT2D eigenvalue weighted by molar-refractivity contribution is 0.0925. The molecule has 0 unspecified atom stereocenters. The van der Waals surface area contributed by atoms with Crippen molar-refractivity contribution in [1.29, 1.82) is 0 Å². The zero-order chi connectivity index (χ0) is 31.1. The van der Waals surface area contributed by atoms with Gasteiger partial charge in [0.05, 0.1) is 23.1 Å². The number of aromatic amines is 1. The van der Waals surface area contributed by atoms with Crippen LogP contribution in [0.15, 0.2) is 89.9 Å². The monoisotopic (exact) mass is 669 g/mol. The molecule has 0 radical (unpaired) electrons. The number of nitrogens with zero attached hydrogens (tertiary/aromatic N) is 5. The normalized spacial score (nSPS) is 16.7. The summed E-state index contributed by atoms with van der Waals surface area (Å²) in [6, 6.07) is 16.3. The molecule has 13 heteroatoms. The summed E-state index contributed by atoms with van der Waals surface area (Å²) < 4.78 is 15.3. The summed E-state index contributed by atoms with van der Waals surface area (Å²) in [5, 5.41) is 11.8. The predicted octanol–water partition coefficient (Wildman–Crippen LogP) is 5.09. The number of para-hydroxylation sites is 1. The number of hydrogen-bond donors (Lipinski definition) is 2. The van der Waals surface area contributed by atoms with Crippen molar-refractivity contribution >= 4 is 32.9 Å². The largest absolute Gasteiger partial charge is 0.444 e. The smallest absolute Gasteiger partial charge is 0.335 e. The molecule has 0 aliphatic heterocycles. The molecule has 2 N–H and O–H groups in total. The maximum Gasteiger partial charge on any atom is 0.335 e. The Labute approximate surface area is 264 Å². The Hall–Kier alpha value is -5.04. The molecule has 2 aromatic carbocycles. The van der Waals surface area contributed by atoms with Crippen LogP contribution < -0.4 is 16.6 Å². The van der Waals surface area contributed by atoms with E-state index in [-0.39, 0.29) is 34.4 Å². The van der Waals surface area contributed by atoms with E-state index < -0.39 is 17.2 Å². The van der Waals surface area contributed by atoms with E-state index in [4.69, 9.17) is 8.83 Å². The van der Waals surface area contributed by atoms with Gasteiger partial charge in [0.25, 0.3) is 11.5 Å². The van der Waals surface area contributed by atoms with Crippen LogP contribution in [0.25, 0.3) is 28.1 Å². The fourth-order valence-corrected chi connectivity index (χ4v) is 6.34. The third-order valence-corrected chi connectivity index (χ3v) is 8.66. The number of furan rings is 1. The lowest BCUT2D eigenvalue weighted by Gasteiger charge is -2.28. The van der Waals surface area contributed by atoms with Gasteiger partial charge in [0.2, 0.25) is 11.6 Å². The van der Waals surface area contributed by atoms with E-state index in [1.807, 2.05) is 30.5 Å². The first-order valence-electron chi connectivity index (χ1n) is 14.6. The van der Waals surface area contributed by atoms with E-state index >= 15 is 0 Å². The number of benzene rings is 2. The van der Waals surface area contributed by atoms with Gasteiger partial charge in [-0.2, -0.15) is 0 Å². The molecule has 12 nitrogen and oxygen atoms in total. The van der Waals surface area contributed by atoms with Crippen molar-refractivity contribution in [3.63, 3.8) is 0 Å². The third kappa shape index (κ3) is 5.66. The second-order valence-corrected chi connectivity index (χ2v) is 12.1. The van der Waals surface area contributed by atoms with Crippen molar-refractivity contribution in [2.24, 2.45) is 0 Å². The zero-order valence-corrected chi connectivity index (χ0v) is 25.8. The number of fused-ring (bicyclic) bond motifs is 1. The molecule has 0 atom stereocenters. The summed E-state index contributed by atoms with van der Waals surface area (Å²) in [7, 11) is 0. The number of rotatable bonds is 7. The molecule has 0 bridgehead atoms. The topological polar surface area (TPSA) is 154 Å². The number of oxazole rings is 1. The molecule has 7 rings (SSSR count). The Morgan fingerprint density at radius 1 is 1.07 bits per heavy atom. The first-order valence-corrected chi connectivity index (χ1v) is 15.4. The minimum atomic E-state index is -0.639. The number of halogens is 1. The quantitative estimate of drug-likeness (QED) is 0.238. The van der Waals surface area contributed by atoms with Gasteiger partial charge in [-0.1, -0.05) is 51.5 Å². The van der Waals surface area contributed by atoms with Crippen LogP contribution >= 0.6 is 15.9 Å². The fraction of sp³-hybridized carbons (Fsp3) is 0.250. The maximum atomic E-state index is 13.5. The molecule has 1 aliphatic carbocycles. The molecular formula is C32H28BrN7O5. The van der Waals surface area contributed by atoms with Crippen LogP contribution in [0.4, 0.5) is 0 Å². The van der Waals surface area contributed by atoms with E-state index in [1.54, 1.807) is 48.1 Å². The van der Waals surface area contributed by atoms with Crippen molar-refractivity contribution in [2.45, 2.75) is 51.1 Å². The molecule has 45 heavy (non-hydrogen) atoms. The number of aryl methyl sites for hydroxylation is 1. The van der Waals surface area contributed by atoms with Crippen LogP contribution in [0.2, 0.25) is 0 Å². The van der Waals surface area contributed by atoms with E-state index in [9.17, 15) is 14.4 Å². The Morgan fingerprint density at radius 3 is 2.64 bits per heavy atom. The molecule has 228 valence electrons. The van der Waals surface area contributed by atoms with Crippen LogP contribution in [0.1, 0.15) is 59.3 Å². The number of nitrogens with one attached hydrogen (secondary N) is 2. The van der Waals surface area contributed by atoms with Gasteiger partial charge in [0.1, 0.15) is 17.7 Å². The predicted molar refractivity (Wildman–Crippen MR) is 168 cm³/mol. The molecule has 1 aliphatic rings. The SMILES string of the molecule is Cc1oc2[nH]c(=O)n(-c3ccccc3)c(=O)c2c1C(=O)NC1CCC(c2cn(Cc3ncc(-c4cccc(Br)c4)o3)nn2)CC1. The fourth-order valence-electron chi connectivity index (χ4n) is 5.94. The van der Waals surface area contributed by atoms with Gasteiger partial charge < -0.3 is 14.2 Å². The van der Waals surface area contributed by atoms with Gasteiger partial charge in [-0.25, -0.2) is 19.0 Å². The molecule has 1 saturated carbocycles. The second kappa shape index (κ2) is 11.8. The van der Waals surface area contributed by atoms with Gasteiger partial charge in [0.15, 0.2) is 5.76 Å². The van der Waals surface area contributed by atoms with Crippen molar-refractivity contribution in [3.05, 3.63) is 115 Å². The maximum absolute atomic E-state index is 13.5. The minimum absolute atomic E-state index is 0.0132. The van der Waals surface area contributed by atoms with Crippen LogP contribution in [0.5, 0.6) is 0 Å². The van der Waals surface area contributed by atoms with E-state index in [0.29, 0.717) is 23.9 Å². The van der Waals surface area contributed by atoms with Gasteiger partial charge in [0, 0.05) is 28.2 Å². The summed E-state index contributed by atoms with van der Waals surface area (Å²) in [6.45, 7) is 1.97. The minimum Gasteiger partial charge on any atom is -0.444 e. The first-order chi connectivity index (χ1) is 21.8. The molecule has 1 fully saturated rings. The summed E-state index contributed by atoms with van der Waals surface area (Å²) in [4.78, 5) is 46.6. The number of hydrogen-bond acceptors (Lipinski definition) is 8. The number of carbonyl (C=O) groups is 1. The van der Waals surface area contributed by atoms with Crippen LogP contribution in [0.3, 0.4) is 0 Å². The van der Waals surface area contributed by atoms with Gasteiger partial charge in [-0.3, -0.25) is 14.6 Å². The van der Waals surface area contributed by atoms with Crippen LogP contribution in [-0.2, 0) is 6.54 Å². The van der Waals surface area contributed by atoms with Gasteiger partial charge >= 0.3 is 5.69 Å². The van der Waals surface area contributed by atoms with Crippen molar-refractivity contribution in [2.75, 3.05) is 0 Å². The Kier molecular flexibility index (Phi) is 7.53. The Morgan fingerprint density at radius 2 is 1.87 bits per heavy atom. The standard InChI is InChI=1S/C32H28BrN7O5/c1-18-27(28-30(44-18)36-32(43)40(31(28)42)23-8-3-2-4-9-23)29(41)35-22-12-10-19(11-13-22)24-16-39(38-37-24)17-26-34-15-25(45-26)20-6-5-7-21(33)14-20/h2-9,14-16,19,22H,10-13,17H2,1H3,(H,35,41)(H,36,43). The molecular weight excluding hydrogens is 642 g/mol. The number of amides is 1. The highest BCUT2D eigenvalue weighted by molar-refractivity contribution is 9.10. The molecule has 4 aromatic heterocycles. The Bertz CT molecular complexity index is 2130. The van der Waals surface area contributed by atoms with Crippen molar-refractivity contribution in [3.8, 4) is 17.0 Å².